The van der Waals surface area contributed by atoms with Gasteiger partial charge in [-0.2, -0.15) is 0 Å². The van der Waals surface area contributed by atoms with Crippen LogP contribution in [0, 0.1) is 0 Å². The highest BCUT2D eigenvalue weighted by atomic mass is 35.5. The Morgan fingerprint density at radius 2 is 2.11 bits per heavy atom. The van der Waals surface area contributed by atoms with Gasteiger partial charge in [0.2, 0.25) is 0 Å². The molecular weight excluding hydrogens is 250 g/mol. The summed E-state index contributed by atoms with van der Waals surface area (Å²) in [4.78, 5) is 0. The van der Waals surface area contributed by atoms with Crippen LogP contribution in [0.25, 0.3) is 0 Å². The number of rotatable bonds is 5. The summed E-state index contributed by atoms with van der Waals surface area (Å²) >= 11 is 5.93. The fraction of sp³-hybridized carbons (Fsp3) is 0.286. The highest BCUT2D eigenvalue weighted by Crippen LogP contribution is 2.24. The summed E-state index contributed by atoms with van der Waals surface area (Å²) in [5.41, 5.74) is 0. The monoisotopic (exact) mass is 265 g/mol. The van der Waals surface area contributed by atoms with Crippen molar-refractivity contribution in [2.75, 3.05) is 7.05 Å². The summed E-state index contributed by atoms with van der Waals surface area (Å²) in [5.74, 6) is 1.61. The van der Waals surface area contributed by atoms with Gasteiger partial charge in [-0.15, -0.1) is 0 Å². The lowest BCUT2D eigenvalue weighted by atomic mass is 10.1. The standard InChI is InChI=1S/C14H16ClNO2/c1-10(14(16-2)13-7-4-8-17-13)18-12-6-3-5-11(15)9-12/h3-10,14,16H,1-2H3. The smallest absolute Gasteiger partial charge is 0.124 e. The van der Waals surface area contributed by atoms with Gasteiger partial charge in [0.05, 0.1) is 6.26 Å². The molecule has 2 unspecified atom stereocenters. The summed E-state index contributed by atoms with van der Waals surface area (Å²) in [5, 5.41) is 3.85. The van der Waals surface area contributed by atoms with E-state index in [2.05, 4.69) is 5.32 Å². The van der Waals surface area contributed by atoms with Crippen molar-refractivity contribution in [3.63, 3.8) is 0 Å². The molecule has 0 aliphatic heterocycles. The third-order valence-electron chi connectivity index (χ3n) is 2.75. The maximum absolute atomic E-state index is 5.93. The number of benzene rings is 1. The molecule has 0 bridgehead atoms. The predicted octanol–water partition coefficient (Wildman–Crippen LogP) is 3.66. The molecule has 96 valence electrons. The van der Waals surface area contributed by atoms with Gasteiger partial charge in [0.1, 0.15) is 23.7 Å². The minimum absolute atomic E-state index is 0.000943. The second kappa shape index (κ2) is 5.94. The lowest BCUT2D eigenvalue weighted by molar-refractivity contribution is 0.162. The number of hydrogen-bond donors (Lipinski definition) is 1. The first kappa shape index (κ1) is 13.0. The van der Waals surface area contributed by atoms with Gasteiger partial charge >= 0.3 is 0 Å². The Morgan fingerprint density at radius 1 is 1.28 bits per heavy atom. The maximum Gasteiger partial charge on any atom is 0.124 e. The molecule has 2 rings (SSSR count). The normalized spacial score (nSPS) is 14.2. The minimum Gasteiger partial charge on any atom is -0.489 e. The van der Waals surface area contributed by atoms with E-state index in [1.54, 1.807) is 12.3 Å². The third kappa shape index (κ3) is 3.06. The van der Waals surface area contributed by atoms with Crippen molar-refractivity contribution < 1.29 is 9.15 Å². The van der Waals surface area contributed by atoms with E-state index in [1.165, 1.54) is 0 Å². The molecule has 0 fully saturated rings. The predicted molar refractivity (Wildman–Crippen MR) is 72.1 cm³/mol. The SMILES string of the molecule is CNC(c1ccco1)C(C)Oc1cccc(Cl)c1. The lowest BCUT2D eigenvalue weighted by Crippen LogP contribution is -2.31. The van der Waals surface area contributed by atoms with Gasteiger partial charge in [0, 0.05) is 5.02 Å². The molecule has 0 saturated heterocycles. The van der Waals surface area contributed by atoms with E-state index >= 15 is 0 Å². The number of halogens is 1. The molecule has 0 spiro atoms. The molecule has 0 radical (unpaired) electrons. The molecule has 2 atom stereocenters. The summed E-state index contributed by atoms with van der Waals surface area (Å²) in [6, 6.07) is 11.2. The first-order chi connectivity index (χ1) is 8.70. The Kier molecular flexibility index (Phi) is 4.28. The van der Waals surface area contributed by atoms with Crippen LogP contribution in [0.5, 0.6) is 5.75 Å². The lowest BCUT2D eigenvalue weighted by Gasteiger charge is -2.23. The van der Waals surface area contributed by atoms with Gasteiger partial charge in [-0.25, -0.2) is 0 Å². The quantitative estimate of drug-likeness (QED) is 0.896. The molecule has 4 heteroatoms. The van der Waals surface area contributed by atoms with Crippen LogP contribution in [0.2, 0.25) is 5.02 Å². The zero-order valence-electron chi connectivity index (χ0n) is 10.4. The summed E-state index contributed by atoms with van der Waals surface area (Å²) in [7, 11) is 1.88. The van der Waals surface area contributed by atoms with Crippen molar-refractivity contribution in [3.8, 4) is 5.75 Å². The highest BCUT2D eigenvalue weighted by Gasteiger charge is 2.21. The van der Waals surface area contributed by atoms with Crippen LogP contribution in [-0.4, -0.2) is 13.2 Å². The maximum atomic E-state index is 5.93. The van der Waals surface area contributed by atoms with Crippen LogP contribution in [-0.2, 0) is 0 Å². The van der Waals surface area contributed by atoms with Crippen molar-refractivity contribution in [3.05, 3.63) is 53.4 Å². The number of likely N-dealkylation sites (N-methyl/N-ethyl adjacent to an activating group) is 1. The van der Waals surface area contributed by atoms with Crippen LogP contribution in [0.4, 0.5) is 0 Å². The zero-order valence-corrected chi connectivity index (χ0v) is 11.1. The molecular formula is C14H16ClNO2. The van der Waals surface area contributed by atoms with E-state index in [0.717, 1.165) is 11.5 Å². The number of nitrogens with one attached hydrogen (secondary N) is 1. The van der Waals surface area contributed by atoms with Crippen molar-refractivity contribution in [2.24, 2.45) is 0 Å². The zero-order chi connectivity index (χ0) is 13.0. The van der Waals surface area contributed by atoms with E-state index in [9.17, 15) is 0 Å². The van der Waals surface area contributed by atoms with E-state index in [-0.39, 0.29) is 12.1 Å². The average molecular weight is 266 g/mol. The third-order valence-corrected chi connectivity index (χ3v) is 2.98. The Morgan fingerprint density at radius 3 is 2.72 bits per heavy atom. The topological polar surface area (TPSA) is 34.4 Å². The van der Waals surface area contributed by atoms with Crippen LogP contribution < -0.4 is 10.1 Å². The van der Waals surface area contributed by atoms with Gasteiger partial charge < -0.3 is 14.5 Å². The van der Waals surface area contributed by atoms with Crippen molar-refractivity contribution in [1.29, 1.82) is 0 Å². The number of furan rings is 1. The molecule has 3 nitrogen and oxygen atoms in total. The van der Waals surface area contributed by atoms with Crippen LogP contribution in [0.3, 0.4) is 0 Å². The molecule has 0 amide bonds. The molecule has 1 N–H and O–H groups in total. The fourth-order valence-electron chi connectivity index (χ4n) is 1.90. The van der Waals surface area contributed by atoms with Gasteiger partial charge in [0.25, 0.3) is 0 Å². The Hall–Kier alpha value is -1.45. The Labute approximate surface area is 112 Å². The van der Waals surface area contributed by atoms with Gasteiger partial charge in [-0.1, -0.05) is 17.7 Å². The molecule has 1 aromatic heterocycles. The van der Waals surface area contributed by atoms with E-state index in [0.29, 0.717) is 5.02 Å². The minimum atomic E-state index is -0.0698. The second-order valence-electron chi connectivity index (χ2n) is 4.06. The number of ether oxygens (including phenoxy) is 1. The van der Waals surface area contributed by atoms with Crippen molar-refractivity contribution in [2.45, 2.75) is 19.1 Å². The van der Waals surface area contributed by atoms with Crippen molar-refractivity contribution in [1.82, 2.24) is 5.32 Å². The van der Waals surface area contributed by atoms with Crippen LogP contribution in [0.1, 0.15) is 18.7 Å². The average Bonchev–Trinajstić information content (AvgIpc) is 2.83. The first-order valence-corrected chi connectivity index (χ1v) is 6.21. The first-order valence-electron chi connectivity index (χ1n) is 5.83. The van der Waals surface area contributed by atoms with E-state index < -0.39 is 0 Å². The second-order valence-corrected chi connectivity index (χ2v) is 4.50. The molecule has 1 aromatic carbocycles. The Bertz CT molecular complexity index is 484. The summed E-state index contributed by atoms with van der Waals surface area (Å²) in [6.45, 7) is 1.99. The number of hydrogen-bond acceptors (Lipinski definition) is 3. The van der Waals surface area contributed by atoms with Crippen molar-refractivity contribution >= 4 is 11.6 Å². The Balaban J connectivity index is 2.08. The van der Waals surface area contributed by atoms with Gasteiger partial charge in [0.15, 0.2) is 0 Å². The van der Waals surface area contributed by atoms with E-state index in [4.69, 9.17) is 20.8 Å². The van der Waals surface area contributed by atoms with Gasteiger partial charge in [-0.05, 0) is 44.3 Å². The van der Waals surface area contributed by atoms with E-state index in [1.807, 2.05) is 44.3 Å². The highest BCUT2D eigenvalue weighted by molar-refractivity contribution is 6.30. The molecule has 2 aromatic rings. The molecule has 0 aliphatic rings. The molecule has 0 saturated carbocycles. The molecule has 1 heterocycles. The molecule has 0 aliphatic carbocycles. The largest absolute Gasteiger partial charge is 0.489 e. The summed E-state index contributed by atoms with van der Waals surface area (Å²) in [6.07, 6.45) is 1.59. The van der Waals surface area contributed by atoms with Crippen LogP contribution in [0.15, 0.2) is 47.1 Å². The van der Waals surface area contributed by atoms with Crippen LogP contribution >= 0.6 is 11.6 Å². The summed E-state index contributed by atoms with van der Waals surface area (Å²) < 4.78 is 11.3. The van der Waals surface area contributed by atoms with Gasteiger partial charge in [-0.3, -0.25) is 0 Å². The fourth-order valence-corrected chi connectivity index (χ4v) is 2.08. The molecule has 18 heavy (non-hydrogen) atoms.